The van der Waals surface area contributed by atoms with Gasteiger partial charge in [-0.3, -0.25) is 14.9 Å². The molecule has 0 bridgehead atoms. The molecule has 2 heterocycles. The minimum atomic E-state index is -0.936. The third kappa shape index (κ3) is 7.36. The Morgan fingerprint density at radius 1 is 0.878 bits per heavy atom. The van der Waals surface area contributed by atoms with Crippen molar-refractivity contribution < 1.29 is 38.2 Å². The predicted octanol–water partition coefficient (Wildman–Crippen LogP) is 6.91. The molecule has 250 valence electrons. The van der Waals surface area contributed by atoms with Gasteiger partial charge in [0.15, 0.2) is 0 Å². The summed E-state index contributed by atoms with van der Waals surface area (Å²) in [6, 6.07) is 24.6. The number of fused-ring (bicyclic) bond motifs is 1. The second kappa shape index (κ2) is 14.0. The van der Waals surface area contributed by atoms with Crippen molar-refractivity contribution >= 4 is 40.6 Å². The molecule has 10 nitrogen and oxygen atoms in total. The molecular weight excluding hydrogens is 644 g/mol. The third-order valence-electron chi connectivity index (χ3n) is 8.47. The molecule has 49 heavy (non-hydrogen) atoms. The van der Waals surface area contributed by atoms with E-state index in [1.54, 1.807) is 66.7 Å². The Morgan fingerprint density at radius 3 is 2.12 bits per heavy atom. The van der Waals surface area contributed by atoms with E-state index in [9.17, 15) is 19.2 Å². The topological polar surface area (TPSA) is 130 Å². The molecular formula is C38H34N2O8S. The second-order valence-electron chi connectivity index (χ2n) is 12.2. The maximum Gasteiger partial charge on any atom is 0.365 e. The lowest BCUT2D eigenvalue weighted by molar-refractivity contribution is -0.118. The van der Waals surface area contributed by atoms with E-state index >= 15 is 0 Å². The fourth-order valence-electron chi connectivity index (χ4n) is 5.75. The number of hydrogen-bond acceptors (Lipinski definition) is 10. The molecule has 1 N–H and O–H groups in total. The van der Waals surface area contributed by atoms with E-state index in [4.69, 9.17) is 19.0 Å². The lowest BCUT2D eigenvalue weighted by atomic mass is 9.86. The monoisotopic (exact) mass is 678 g/mol. The summed E-state index contributed by atoms with van der Waals surface area (Å²) >= 11 is 0.991. The number of carbonyl (C=O) groups excluding carboxylic acids is 4. The molecule has 0 radical (unpaired) electrons. The minimum Gasteiger partial charge on any atom is -0.489 e. The highest BCUT2D eigenvalue weighted by Crippen LogP contribution is 2.44. The number of esters is 1. The van der Waals surface area contributed by atoms with Gasteiger partial charge in [0.2, 0.25) is 5.91 Å². The molecule has 2 aliphatic rings. The molecule has 2 unspecified atom stereocenters. The van der Waals surface area contributed by atoms with E-state index in [2.05, 4.69) is 10.5 Å². The van der Waals surface area contributed by atoms with Crippen LogP contribution in [0.5, 0.6) is 17.2 Å². The van der Waals surface area contributed by atoms with Crippen LogP contribution in [-0.2, 0) is 16.1 Å². The smallest absolute Gasteiger partial charge is 0.365 e. The van der Waals surface area contributed by atoms with E-state index in [1.165, 1.54) is 0 Å². The molecule has 2 amide bonds. The fourth-order valence-corrected chi connectivity index (χ4v) is 6.61. The van der Waals surface area contributed by atoms with Crippen molar-refractivity contribution in [2.24, 2.45) is 5.16 Å². The van der Waals surface area contributed by atoms with Gasteiger partial charge in [-0.25, -0.2) is 9.59 Å². The Hall–Kier alpha value is -5.42. The van der Waals surface area contributed by atoms with Crippen molar-refractivity contribution in [3.05, 3.63) is 124 Å². The largest absolute Gasteiger partial charge is 0.489 e. The van der Waals surface area contributed by atoms with Crippen molar-refractivity contribution in [3.8, 4) is 17.2 Å². The van der Waals surface area contributed by atoms with E-state index in [0.717, 1.165) is 28.5 Å². The molecule has 1 saturated heterocycles. The van der Waals surface area contributed by atoms with Crippen LogP contribution in [0.3, 0.4) is 0 Å². The summed E-state index contributed by atoms with van der Waals surface area (Å²) in [5.74, 6) is 0.0914. The maximum absolute atomic E-state index is 13.1. The Bertz CT molecular complexity index is 1960. The van der Waals surface area contributed by atoms with Gasteiger partial charge >= 0.3 is 11.9 Å². The van der Waals surface area contributed by atoms with Crippen LogP contribution < -0.4 is 19.5 Å². The Morgan fingerprint density at radius 2 is 1.51 bits per heavy atom. The molecule has 0 aliphatic carbocycles. The zero-order valence-electron chi connectivity index (χ0n) is 27.4. The number of oxime groups is 1. The summed E-state index contributed by atoms with van der Waals surface area (Å²) in [6.45, 7) is 7.57. The quantitative estimate of drug-likeness (QED) is 0.0869. The summed E-state index contributed by atoms with van der Waals surface area (Å²) in [6.07, 6.45) is 0.625. The van der Waals surface area contributed by atoms with Gasteiger partial charge in [-0.1, -0.05) is 65.4 Å². The number of nitrogens with one attached hydrogen (secondary N) is 1. The molecule has 2 aliphatic heterocycles. The van der Waals surface area contributed by atoms with Crippen LogP contribution >= 0.6 is 11.8 Å². The van der Waals surface area contributed by atoms with E-state index in [1.807, 2.05) is 45.9 Å². The van der Waals surface area contributed by atoms with Gasteiger partial charge < -0.3 is 19.0 Å². The maximum atomic E-state index is 13.1. The molecule has 0 saturated carbocycles. The zero-order valence-corrected chi connectivity index (χ0v) is 28.2. The molecule has 2 atom stereocenters. The number of thioether (sulfide) groups is 1. The first kappa shape index (κ1) is 33.5. The number of hydrogen-bond donors (Lipinski definition) is 1. The van der Waals surface area contributed by atoms with Crippen LogP contribution in [0, 0.1) is 20.8 Å². The van der Waals surface area contributed by atoms with Gasteiger partial charge in [0.1, 0.15) is 29.5 Å². The van der Waals surface area contributed by atoms with E-state index < -0.39 is 22.8 Å². The zero-order chi connectivity index (χ0) is 34.7. The minimum absolute atomic E-state index is 0.120. The Kier molecular flexibility index (Phi) is 9.55. The fraction of sp³-hybridized carbons (Fsp3) is 0.237. The van der Waals surface area contributed by atoms with Gasteiger partial charge in [-0.05, 0) is 87.2 Å². The number of nitrogens with zero attached hydrogens (tertiary/aromatic N) is 1. The van der Waals surface area contributed by atoms with Gasteiger partial charge in [0.05, 0.1) is 22.1 Å². The van der Waals surface area contributed by atoms with Crippen LogP contribution in [0.15, 0.2) is 90.1 Å². The first-order valence-electron chi connectivity index (χ1n) is 15.7. The van der Waals surface area contributed by atoms with Gasteiger partial charge in [0, 0.05) is 17.5 Å². The molecule has 6 rings (SSSR count). The summed E-state index contributed by atoms with van der Waals surface area (Å²) in [5, 5.41) is 5.88. The van der Waals surface area contributed by atoms with Crippen molar-refractivity contribution in [3.63, 3.8) is 0 Å². The summed E-state index contributed by atoms with van der Waals surface area (Å²) in [5.41, 5.74) is 3.81. The molecule has 1 fully saturated rings. The lowest BCUT2D eigenvalue weighted by Gasteiger charge is -2.38. The number of amides is 2. The van der Waals surface area contributed by atoms with Crippen molar-refractivity contribution in [2.75, 3.05) is 6.61 Å². The highest BCUT2D eigenvalue weighted by atomic mass is 32.2. The van der Waals surface area contributed by atoms with Crippen LogP contribution in [0.2, 0.25) is 0 Å². The number of carbonyl (C=O) groups is 4. The second-order valence-corrected chi connectivity index (χ2v) is 13.4. The Labute approximate surface area is 287 Å². The summed E-state index contributed by atoms with van der Waals surface area (Å²) < 4.78 is 18.8. The Balaban J connectivity index is 1.28. The molecule has 0 aromatic heterocycles. The summed E-state index contributed by atoms with van der Waals surface area (Å²) in [4.78, 5) is 55.0. The first-order chi connectivity index (χ1) is 23.5. The van der Waals surface area contributed by atoms with Crippen LogP contribution in [0.25, 0.3) is 0 Å². The molecule has 4 aromatic rings. The van der Waals surface area contributed by atoms with Gasteiger partial charge in [0.25, 0.3) is 5.24 Å². The predicted molar refractivity (Wildman–Crippen MR) is 185 cm³/mol. The molecule has 11 heteroatoms. The number of imide groups is 1. The highest BCUT2D eigenvalue weighted by molar-refractivity contribution is 8.15. The van der Waals surface area contributed by atoms with Crippen LogP contribution in [0.1, 0.15) is 61.9 Å². The van der Waals surface area contributed by atoms with E-state index in [-0.39, 0.29) is 24.2 Å². The van der Waals surface area contributed by atoms with Crippen LogP contribution in [-0.4, -0.2) is 46.3 Å². The SMILES string of the molecule is Cc1c(C)c2c(c(C)c1OC(=O)c1ccccc1)/C(=N/OC(=O)c1ccccc1)CC(C)(COc1ccc(CC3SC(=O)NC3=O)cc1)O2. The normalized spacial score (nSPS) is 19.1. The van der Waals surface area contributed by atoms with Crippen molar-refractivity contribution in [2.45, 2.75) is 51.4 Å². The van der Waals surface area contributed by atoms with Crippen molar-refractivity contribution in [1.82, 2.24) is 5.32 Å². The third-order valence-corrected chi connectivity index (χ3v) is 9.45. The van der Waals surface area contributed by atoms with E-state index in [0.29, 0.717) is 51.6 Å². The van der Waals surface area contributed by atoms with Gasteiger partial charge in [-0.15, -0.1) is 0 Å². The molecule has 4 aromatic carbocycles. The van der Waals surface area contributed by atoms with Crippen LogP contribution in [0.4, 0.5) is 4.79 Å². The average Bonchev–Trinajstić information content (AvgIpc) is 3.43. The summed E-state index contributed by atoms with van der Waals surface area (Å²) in [7, 11) is 0. The average molecular weight is 679 g/mol. The lowest BCUT2D eigenvalue weighted by Crippen LogP contribution is -2.45. The number of benzene rings is 4. The van der Waals surface area contributed by atoms with Gasteiger partial charge in [-0.2, -0.15) is 0 Å². The standard InChI is InChI=1S/C38H34N2O8S/c1-22-23(2)33-31(24(3)32(22)46-35(42)26-11-7-5-8-12-26)29(40-48-36(43)27-13-9-6-10-14-27)20-38(4,47-33)21-45-28-17-15-25(16-18-28)19-30-34(41)39-37(44)49-30/h5-18,30H,19-21H2,1-4H3,(H,39,41,44)/b40-29+. The first-order valence-corrected chi connectivity index (χ1v) is 16.6. The van der Waals surface area contributed by atoms with Crippen molar-refractivity contribution in [1.29, 1.82) is 0 Å². The molecule has 0 spiro atoms. The highest BCUT2D eigenvalue weighted by Gasteiger charge is 2.40. The number of rotatable bonds is 9. The number of ether oxygens (including phenoxy) is 3.